The molecule has 0 heterocycles. The van der Waals surface area contributed by atoms with Crippen molar-refractivity contribution in [3.63, 3.8) is 0 Å². The Hall–Kier alpha value is -2.94. The average Bonchev–Trinajstić information content (AvgIpc) is 2.68. The lowest BCUT2D eigenvalue weighted by Crippen LogP contribution is -2.10. The molecule has 7 nitrogen and oxygen atoms in total. The molecule has 0 saturated carbocycles. The first-order chi connectivity index (χ1) is 13.7. The first kappa shape index (κ1) is 20.8. The third-order valence-corrected chi connectivity index (χ3v) is 5.42. The number of aliphatic imine (C=N–C) groups is 1. The van der Waals surface area contributed by atoms with Crippen LogP contribution in [0, 0.1) is 10.1 Å². The van der Waals surface area contributed by atoms with E-state index in [1.807, 2.05) is 0 Å². The van der Waals surface area contributed by atoms with E-state index in [1.54, 1.807) is 0 Å². The van der Waals surface area contributed by atoms with Gasteiger partial charge in [-0.05, 0) is 54.6 Å². The molecule has 3 aromatic carbocycles. The fraction of sp³-hybridized carbons (Fsp3) is 0. The van der Waals surface area contributed by atoms with Gasteiger partial charge < -0.3 is 4.18 Å². The van der Waals surface area contributed by atoms with E-state index < -0.39 is 15.0 Å². The van der Waals surface area contributed by atoms with Crippen LogP contribution in [-0.4, -0.2) is 19.6 Å². The lowest BCUT2D eigenvalue weighted by Gasteiger charge is -2.10. The van der Waals surface area contributed by atoms with E-state index in [4.69, 9.17) is 27.4 Å². The van der Waals surface area contributed by atoms with Crippen LogP contribution in [-0.2, 0) is 10.1 Å². The number of nitro groups is 1. The van der Waals surface area contributed by atoms with Crippen molar-refractivity contribution in [1.29, 1.82) is 0 Å². The molecule has 0 saturated heterocycles. The van der Waals surface area contributed by atoms with Crippen LogP contribution in [0.25, 0.3) is 0 Å². The monoisotopic (exact) mass is 450 g/mol. The standard InChI is InChI=1S/C19H12Cl2N2O5S/c20-14-1-8-18(9-2-14)29(26,27)28-19-10-3-15(21)11-13(19)12-22-16-4-6-17(7-5-16)23(24)25/h1-12H. The zero-order chi connectivity index (χ0) is 21.0. The second kappa shape index (κ2) is 8.60. The van der Waals surface area contributed by atoms with Crippen LogP contribution >= 0.6 is 23.2 Å². The Bertz CT molecular complexity index is 1180. The van der Waals surface area contributed by atoms with Crippen LogP contribution in [0.1, 0.15) is 5.56 Å². The summed E-state index contributed by atoms with van der Waals surface area (Å²) in [5.74, 6) is 0.0232. The van der Waals surface area contributed by atoms with Gasteiger partial charge in [-0.1, -0.05) is 23.2 Å². The minimum atomic E-state index is -4.10. The highest BCUT2D eigenvalue weighted by molar-refractivity contribution is 7.87. The van der Waals surface area contributed by atoms with Crippen LogP contribution in [0.5, 0.6) is 5.75 Å². The second-order valence-corrected chi connectivity index (χ2v) is 8.12. The van der Waals surface area contributed by atoms with E-state index >= 15 is 0 Å². The Labute approximate surface area is 176 Å². The molecule has 3 rings (SSSR count). The predicted octanol–water partition coefficient (Wildman–Crippen LogP) is 5.42. The molecule has 0 unspecified atom stereocenters. The molecule has 0 radical (unpaired) electrons. The lowest BCUT2D eigenvalue weighted by atomic mass is 10.2. The number of halogens is 2. The fourth-order valence-electron chi connectivity index (χ4n) is 2.27. The Kier molecular flexibility index (Phi) is 6.17. The Morgan fingerprint density at radius 2 is 1.55 bits per heavy atom. The van der Waals surface area contributed by atoms with Crippen LogP contribution in [0.3, 0.4) is 0 Å². The summed E-state index contributed by atoms with van der Waals surface area (Å²) in [4.78, 5) is 14.3. The number of nitro benzene ring substituents is 1. The van der Waals surface area contributed by atoms with Crippen molar-refractivity contribution in [1.82, 2.24) is 0 Å². The lowest BCUT2D eigenvalue weighted by molar-refractivity contribution is -0.384. The quantitative estimate of drug-likeness (QED) is 0.216. The maximum Gasteiger partial charge on any atom is 0.339 e. The topological polar surface area (TPSA) is 98.9 Å². The molecule has 0 atom stereocenters. The van der Waals surface area contributed by atoms with Gasteiger partial charge in [-0.25, -0.2) is 0 Å². The van der Waals surface area contributed by atoms with Gasteiger partial charge in [0.05, 0.1) is 10.6 Å². The fourth-order valence-corrected chi connectivity index (χ4v) is 3.53. The van der Waals surface area contributed by atoms with Crippen molar-refractivity contribution in [2.45, 2.75) is 4.90 Å². The minimum Gasteiger partial charge on any atom is -0.378 e. The maximum atomic E-state index is 12.5. The Morgan fingerprint density at radius 1 is 0.931 bits per heavy atom. The van der Waals surface area contributed by atoms with Gasteiger partial charge in [0.25, 0.3) is 5.69 Å². The van der Waals surface area contributed by atoms with Gasteiger partial charge >= 0.3 is 10.1 Å². The summed E-state index contributed by atoms with van der Waals surface area (Å²) in [5.41, 5.74) is 0.681. The summed E-state index contributed by atoms with van der Waals surface area (Å²) in [6, 6.07) is 15.5. The number of hydrogen-bond acceptors (Lipinski definition) is 6. The number of nitrogens with zero attached hydrogens (tertiary/aromatic N) is 2. The number of hydrogen-bond donors (Lipinski definition) is 0. The van der Waals surface area contributed by atoms with E-state index in [-0.39, 0.29) is 16.3 Å². The van der Waals surface area contributed by atoms with Crippen molar-refractivity contribution >= 4 is 50.9 Å². The predicted molar refractivity (Wildman–Crippen MR) is 111 cm³/mol. The van der Waals surface area contributed by atoms with Gasteiger partial charge in [0.2, 0.25) is 0 Å². The summed E-state index contributed by atoms with van der Waals surface area (Å²) in [6.45, 7) is 0. The SMILES string of the molecule is O=[N+]([O-])c1ccc(N=Cc2cc(Cl)ccc2OS(=O)(=O)c2ccc(Cl)cc2)cc1. The van der Waals surface area contributed by atoms with Gasteiger partial charge in [0, 0.05) is 34.0 Å². The van der Waals surface area contributed by atoms with Gasteiger partial charge in [-0.3, -0.25) is 15.1 Å². The van der Waals surface area contributed by atoms with Gasteiger partial charge in [0.15, 0.2) is 5.75 Å². The van der Waals surface area contributed by atoms with Crippen LogP contribution in [0.15, 0.2) is 76.6 Å². The molecule has 0 fully saturated rings. The van der Waals surface area contributed by atoms with Crippen LogP contribution in [0.4, 0.5) is 11.4 Å². The van der Waals surface area contributed by atoms with Crippen LogP contribution < -0.4 is 4.18 Å². The largest absolute Gasteiger partial charge is 0.378 e. The average molecular weight is 451 g/mol. The molecule has 0 bridgehead atoms. The van der Waals surface area contributed by atoms with Gasteiger partial charge in [-0.15, -0.1) is 0 Å². The maximum absolute atomic E-state index is 12.5. The normalized spacial score (nSPS) is 11.5. The summed E-state index contributed by atoms with van der Waals surface area (Å²) in [6.07, 6.45) is 1.36. The highest BCUT2D eigenvalue weighted by Gasteiger charge is 2.18. The van der Waals surface area contributed by atoms with E-state index in [0.717, 1.165) is 0 Å². The van der Waals surface area contributed by atoms with Crippen molar-refractivity contribution < 1.29 is 17.5 Å². The zero-order valence-corrected chi connectivity index (χ0v) is 16.9. The number of benzene rings is 3. The third-order valence-electron chi connectivity index (χ3n) is 3.69. The number of non-ortho nitro benzene ring substituents is 1. The van der Waals surface area contributed by atoms with Crippen molar-refractivity contribution in [2.75, 3.05) is 0 Å². The van der Waals surface area contributed by atoms with E-state index in [0.29, 0.717) is 21.3 Å². The molecular formula is C19H12Cl2N2O5S. The van der Waals surface area contributed by atoms with Gasteiger partial charge in [-0.2, -0.15) is 8.42 Å². The van der Waals surface area contributed by atoms with E-state index in [2.05, 4.69) is 4.99 Å². The summed E-state index contributed by atoms with van der Waals surface area (Å²) < 4.78 is 30.3. The summed E-state index contributed by atoms with van der Waals surface area (Å²) in [5, 5.41) is 11.5. The minimum absolute atomic E-state index is 0.0232. The molecule has 0 spiro atoms. The summed E-state index contributed by atoms with van der Waals surface area (Å²) in [7, 11) is -4.10. The van der Waals surface area contributed by atoms with Crippen molar-refractivity contribution in [2.24, 2.45) is 4.99 Å². The molecule has 29 heavy (non-hydrogen) atoms. The number of rotatable bonds is 6. The Morgan fingerprint density at radius 3 is 2.17 bits per heavy atom. The molecule has 148 valence electrons. The first-order valence-corrected chi connectivity index (χ1v) is 10.2. The Balaban J connectivity index is 1.89. The smallest absolute Gasteiger partial charge is 0.339 e. The van der Waals surface area contributed by atoms with Crippen molar-refractivity contribution in [3.8, 4) is 5.75 Å². The molecule has 0 aliphatic heterocycles. The molecule has 0 amide bonds. The first-order valence-electron chi connectivity index (χ1n) is 8.03. The second-order valence-electron chi connectivity index (χ2n) is 5.71. The molecule has 10 heteroatoms. The zero-order valence-electron chi connectivity index (χ0n) is 14.5. The molecule has 0 N–H and O–H groups in total. The van der Waals surface area contributed by atoms with Gasteiger partial charge in [0.1, 0.15) is 4.90 Å². The van der Waals surface area contributed by atoms with Crippen LogP contribution in [0.2, 0.25) is 10.0 Å². The highest BCUT2D eigenvalue weighted by atomic mass is 35.5. The molecule has 0 aliphatic carbocycles. The molecule has 3 aromatic rings. The van der Waals surface area contributed by atoms with E-state index in [1.165, 1.54) is 72.9 Å². The van der Waals surface area contributed by atoms with Crippen molar-refractivity contribution in [3.05, 3.63) is 92.5 Å². The third kappa shape index (κ3) is 5.32. The molecule has 0 aromatic heterocycles. The summed E-state index contributed by atoms with van der Waals surface area (Å²) >= 11 is 11.8. The molecule has 0 aliphatic rings. The molecular weight excluding hydrogens is 439 g/mol. The van der Waals surface area contributed by atoms with E-state index in [9.17, 15) is 18.5 Å². The highest BCUT2D eigenvalue weighted by Crippen LogP contribution is 2.27.